The van der Waals surface area contributed by atoms with E-state index in [0.29, 0.717) is 6.61 Å². The Bertz CT molecular complexity index is 1150. The summed E-state index contributed by atoms with van der Waals surface area (Å²) in [4.78, 5) is 12.1. The highest BCUT2D eigenvalue weighted by Gasteiger charge is 2.31. The van der Waals surface area contributed by atoms with Crippen LogP contribution in [-0.2, 0) is 0 Å². The van der Waals surface area contributed by atoms with Gasteiger partial charge in [-0.1, -0.05) is 76.1 Å². The van der Waals surface area contributed by atoms with Crippen molar-refractivity contribution in [2.75, 3.05) is 6.61 Å². The van der Waals surface area contributed by atoms with E-state index in [1.54, 1.807) is 12.1 Å². The molecule has 0 aliphatic heterocycles. The quantitative estimate of drug-likeness (QED) is 0.0564. The van der Waals surface area contributed by atoms with E-state index < -0.39 is 40.6 Å². The maximum absolute atomic E-state index is 13.8. The second-order valence-electron chi connectivity index (χ2n) is 8.71. The smallest absolute Gasteiger partial charge is 0.349 e. The predicted octanol–water partition coefficient (Wildman–Crippen LogP) is 8.79. The van der Waals surface area contributed by atoms with E-state index in [2.05, 4.69) is 6.92 Å². The number of esters is 1. The fourth-order valence-electron chi connectivity index (χ4n) is 3.83. The van der Waals surface area contributed by atoms with E-state index in [1.165, 1.54) is 50.7 Å². The Morgan fingerprint density at radius 2 is 1.03 bits per heavy atom. The summed E-state index contributed by atoms with van der Waals surface area (Å²) in [5.41, 5.74) is -0.0502. The lowest BCUT2D eigenvalue weighted by Crippen LogP contribution is -2.17. The van der Waals surface area contributed by atoms with E-state index in [9.17, 15) is 26.7 Å². The molecule has 0 spiro atoms. The largest absolute Gasteiger partial charge is 0.494 e. The van der Waals surface area contributed by atoms with Gasteiger partial charge in [0.05, 0.1) is 6.61 Å². The van der Waals surface area contributed by atoms with E-state index in [0.717, 1.165) is 29.7 Å². The molecule has 3 aromatic carbocycles. The van der Waals surface area contributed by atoms with Crippen LogP contribution in [0.2, 0.25) is 0 Å². The standard InChI is InChI=1S/C29H29F5O3/c1-2-3-4-5-6-7-8-9-18-36-21-14-10-19(11-15-21)20-12-16-22(17-13-20)37-29(35)23-24(30)26(32)28(34)27(33)25(23)31/h10-17H,2-9,18H2,1H3. The number of carbonyl (C=O) groups excluding carboxylic acids is 1. The number of rotatable bonds is 13. The van der Waals surface area contributed by atoms with Gasteiger partial charge in [-0.2, -0.15) is 0 Å². The number of ether oxygens (including phenoxy) is 2. The molecule has 8 heteroatoms. The lowest BCUT2D eigenvalue weighted by atomic mass is 10.1. The van der Waals surface area contributed by atoms with E-state index in [1.807, 2.05) is 24.3 Å². The monoisotopic (exact) mass is 520 g/mol. The van der Waals surface area contributed by atoms with Crippen molar-refractivity contribution in [2.45, 2.75) is 58.3 Å². The first-order valence-electron chi connectivity index (χ1n) is 12.4. The van der Waals surface area contributed by atoms with Gasteiger partial charge in [0.15, 0.2) is 23.3 Å². The van der Waals surface area contributed by atoms with Gasteiger partial charge < -0.3 is 9.47 Å². The fraction of sp³-hybridized carbons (Fsp3) is 0.345. The summed E-state index contributed by atoms with van der Waals surface area (Å²) in [7, 11) is 0. The molecule has 0 saturated carbocycles. The van der Waals surface area contributed by atoms with Crippen LogP contribution in [0.5, 0.6) is 11.5 Å². The van der Waals surface area contributed by atoms with Crippen LogP contribution in [0.25, 0.3) is 11.1 Å². The van der Waals surface area contributed by atoms with Crippen molar-refractivity contribution in [3.8, 4) is 22.6 Å². The third-order valence-electron chi connectivity index (χ3n) is 5.93. The van der Waals surface area contributed by atoms with Crippen molar-refractivity contribution in [3.05, 3.63) is 83.2 Å². The van der Waals surface area contributed by atoms with Gasteiger partial charge in [0, 0.05) is 0 Å². The fourth-order valence-corrected chi connectivity index (χ4v) is 3.83. The molecule has 0 radical (unpaired) electrons. The molecule has 0 N–H and O–H groups in total. The Morgan fingerprint density at radius 3 is 1.54 bits per heavy atom. The molecule has 0 aromatic heterocycles. The van der Waals surface area contributed by atoms with Crippen molar-refractivity contribution in [2.24, 2.45) is 0 Å². The molecule has 0 heterocycles. The third-order valence-corrected chi connectivity index (χ3v) is 5.93. The number of halogens is 5. The second-order valence-corrected chi connectivity index (χ2v) is 8.71. The van der Waals surface area contributed by atoms with Gasteiger partial charge in [-0.05, 0) is 41.8 Å². The maximum Gasteiger partial charge on any atom is 0.349 e. The zero-order valence-corrected chi connectivity index (χ0v) is 20.6. The molecule has 3 nitrogen and oxygen atoms in total. The number of benzene rings is 3. The maximum atomic E-state index is 13.8. The molecule has 0 saturated heterocycles. The van der Waals surface area contributed by atoms with Crippen LogP contribution in [0.1, 0.15) is 68.6 Å². The normalized spacial score (nSPS) is 11.0. The molecule has 0 bridgehead atoms. The third kappa shape index (κ3) is 7.54. The van der Waals surface area contributed by atoms with Crippen molar-refractivity contribution >= 4 is 5.97 Å². The molecule has 0 unspecified atom stereocenters. The van der Waals surface area contributed by atoms with E-state index >= 15 is 0 Å². The molecule has 0 amide bonds. The van der Waals surface area contributed by atoms with Gasteiger partial charge in [-0.3, -0.25) is 0 Å². The van der Waals surface area contributed by atoms with Crippen LogP contribution in [-0.4, -0.2) is 12.6 Å². The molecule has 37 heavy (non-hydrogen) atoms. The van der Waals surface area contributed by atoms with Crippen LogP contribution in [0.4, 0.5) is 22.0 Å². The summed E-state index contributed by atoms with van der Waals surface area (Å²) in [6, 6.07) is 13.3. The molecule has 0 fully saturated rings. The topological polar surface area (TPSA) is 35.5 Å². The van der Waals surface area contributed by atoms with Crippen LogP contribution in [0, 0.1) is 29.1 Å². The Kier molecular flexibility index (Phi) is 10.5. The Labute approximate surface area is 213 Å². The van der Waals surface area contributed by atoms with Crippen LogP contribution < -0.4 is 9.47 Å². The molecule has 0 aliphatic rings. The van der Waals surface area contributed by atoms with Gasteiger partial charge in [0.2, 0.25) is 5.82 Å². The van der Waals surface area contributed by atoms with Gasteiger partial charge in [-0.15, -0.1) is 0 Å². The van der Waals surface area contributed by atoms with Gasteiger partial charge in [-0.25, -0.2) is 26.7 Å². The van der Waals surface area contributed by atoms with Gasteiger partial charge >= 0.3 is 5.97 Å². The molecular weight excluding hydrogens is 491 g/mol. The zero-order valence-electron chi connectivity index (χ0n) is 20.6. The average Bonchev–Trinajstić information content (AvgIpc) is 2.91. The van der Waals surface area contributed by atoms with Crippen LogP contribution in [0.3, 0.4) is 0 Å². The Morgan fingerprint density at radius 1 is 0.595 bits per heavy atom. The number of unbranched alkanes of at least 4 members (excludes halogenated alkanes) is 7. The minimum Gasteiger partial charge on any atom is -0.494 e. The van der Waals surface area contributed by atoms with E-state index in [-0.39, 0.29) is 5.75 Å². The molecule has 0 aliphatic carbocycles. The number of hydrogen-bond donors (Lipinski definition) is 0. The molecule has 3 rings (SSSR count). The lowest BCUT2D eigenvalue weighted by Gasteiger charge is -2.10. The number of hydrogen-bond acceptors (Lipinski definition) is 3. The van der Waals surface area contributed by atoms with Gasteiger partial charge in [0.1, 0.15) is 17.1 Å². The summed E-state index contributed by atoms with van der Waals surface area (Å²) >= 11 is 0. The number of carbonyl (C=O) groups is 1. The minimum absolute atomic E-state index is 0.122. The van der Waals surface area contributed by atoms with Crippen LogP contribution >= 0.6 is 0 Å². The molecular formula is C29H29F5O3. The molecule has 3 aromatic rings. The second kappa shape index (κ2) is 13.8. The predicted molar refractivity (Wildman–Crippen MR) is 131 cm³/mol. The summed E-state index contributed by atoms with van der Waals surface area (Å²) < 4.78 is 78.2. The molecule has 0 atom stereocenters. The summed E-state index contributed by atoms with van der Waals surface area (Å²) in [6.45, 7) is 2.86. The molecule has 198 valence electrons. The van der Waals surface area contributed by atoms with Crippen LogP contribution in [0.15, 0.2) is 48.5 Å². The highest BCUT2D eigenvalue weighted by atomic mass is 19.2. The van der Waals surface area contributed by atoms with E-state index in [4.69, 9.17) is 9.47 Å². The zero-order chi connectivity index (χ0) is 26.8. The first-order chi connectivity index (χ1) is 17.8. The lowest BCUT2D eigenvalue weighted by molar-refractivity contribution is 0.0721. The van der Waals surface area contributed by atoms with Crippen molar-refractivity contribution in [3.63, 3.8) is 0 Å². The summed E-state index contributed by atoms with van der Waals surface area (Å²) in [5, 5.41) is 0. The highest BCUT2D eigenvalue weighted by molar-refractivity contribution is 5.91. The highest BCUT2D eigenvalue weighted by Crippen LogP contribution is 2.27. The minimum atomic E-state index is -2.35. The Hall–Kier alpha value is -3.42. The average molecular weight is 521 g/mol. The SMILES string of the molecule is CCCCCCCCCCOc1ccc(-c2ccc(OC(=O)c3c(F)c(F)c(F)c(F)c3F)cc2)cc1. The van der Waals surface area contributed by atoms with Gasteiger partial charge in [0.25, 0.3) is 0 Å². The van der Waals surface area contributed by atoms with Crippen molar-refractivity contribution in [1.82, 2.24) is 0 Å². The Balaban J connectivity index is 1.51. The summed E-state index contributed by atoms with van der Waals surface area (Å²) in [5.74, 6) is -12.3. The van der Waals surface area contributed by atoms with Crippen molar-refractivity contribution < 1.29 is 36.2 Å². The first kappa shape index (κ1) is 28.2. The first-order valence-corrected chi connectivity index (χ1v) is 12.4. The summed E-state index contributed by atoms with van der Waals surface area (Å²) in [6.07, 6.45) is 9.80. The van der Waals surface area contributed by atoms with Crippen molar-refractivity contribution in [1.29, 1.82) is 0 Å².